The first kappa shape index (κ1) is 15.7. The third-order valence-electron chi connectivity index (χ3n) is 3.52. The molecule has 7 nitrogen and oxygen atoms in total. The molecule has 0 unspecified atom stereocenters. The molecule has 0 aliphatic heterocycles. The molecule has 0 atom stereocenters. The number of nitro benzene ring substituents is 1. The van der Waals surface area contributed by atoms with Crippen molar-refractivity contribution < 1.29 is 18.1 Å². The fourth-order valence-corrected chi connectivity index (χ4v) is 2.83. The zero-order valence-electron chi connectivity index (χ0n) is 11.1. The topological polar surface area (TPSA) is 106 Å². The Hall–Kier alpha value is -1.67. The predicted molar refractivity (Wildman–Crippen MR) is 76.0 cm³/mol. The molecular formula is C12H13ClN2O5S. The lowest BCUT2D eigenvalue weighted by Gasteiger charge is -2.26. The Kier molecular flexibility index (Phi) is 4.20. The highest BCUT2D eigenvalue weighted by Gasteiger charge is 2.27. The lowest BCUT2D eigenvalue weighted by molar-refractivity contribution is -0.385. The van der Waals surface area contributed by atoms with Crippen LogP contribution in [0.3, 0.4) is 0 Å². The van der Waals surface area contributed by atoms with Gasteiger partial charge in [-0.25, -0.2) is 8.42 Å². The number of nitrogens with one attached hydrogen (secondary N) is 1. The monoisotopic (exact) mass is 332 g/mol. The van der Waals surface area contributed by atoms with Crippen LogP contribution in [0, 0.1) is 17.0 Å². The highest BCUT2D eigenvalue weighted by Crippen LogP contribution is 2.28. The molecular weight excluding hydrogens is 320 g/mol. The molecule has 9 heteroatoms. The summed E-state index contributed by atoms with van der Waals surface area (Å²) in [7, 11) is 1.06. The fraction of sp³-hybridized carbons (Fsp3) is 0.417. The molecule has 0 saturated heterocycles. The molecule has 1 aliphatic carbocycles. The summed E-state index contributed by atoms with van der Waals surface area (Å²) in [4.78, 5) is 22.0. The van der Waals surface area contributed by atoms with Crippen molar-refractivity contribution in [3.63, 3.8) is 0 Å². The average Bonchev–Trinajstić information content (AvgIpc) is 2.31. The molecule has 1 amide bonds. The Balaban J connectivity index is 2.49. The molecule has 21 heavy (non-hydrogen) atoms. The van der Waals surface area contributed by atoms with Gasteiger partial charge in [0.25, 0.3) is 20.6 Å². The first-order chi connectivity index (χ1) is 9.70. The van der Waals surface area contributed by atoms with Gasteiger partial charge in [0.1, 0.15) is 0 Å². The van der Waals surface area contributed by atoms with Crippen LogP contribution in [0.2, 0.25) is 0 Å². The van der Waals surface area contributed by atoms with Crippen LogP contribution in [0.4, 0.5) is 5.69 Å². The number of rotatable bonds is 4. The molecule has 1 aromatic rings. The van der Waals surface area contributed by atoms with Gasteiger partial charge in [0, 0.05) is 28.4 Å². The lowest BCUT2D eigenvalue weighted by atomic mass is 9.92. The Morgan fingerprint density at radius 3 is 2.48 bits per heavy atom. The van der Waals surface area contributed by atoms with Gasteiger partial charge in [-0.3, -0.25) is 14.9 Å². The Morgan fingerprint density at radius 1 is 1.43 bits per heavy atom. The molecule has 0 radical (unpaired) electrons. The number of hydrogen-bond donors (Lipinski definition) is 1. The summed E-state index contributed by atoms with van der Waals surface area (Å²) in [6.07, 6.45) is 2.71. The number of carbonyl (C=O) groups is 1. The van der Waals surface area contributed by atoms with Crippen molar-refractivity contribution in [3.8, 4) is 0 Å². The van der Waals surface area contributed by atoms with Crippen molar-refractivity contribution >= 4 is 31.3 Å². The Bertz CT molecular complexity index is 713. The second kappa shape index (κ2) is 5.61. The number of halogens is 1. The standard InChI is InChI=1S/C12H13ClN2O5S/c1-7-10(12(16)14-8-3-2-4-8)5-9(21(13,19)20)6-11(7)15(17)18/h5-6,8H,2-4H2,1H3,(H,14,16). The SMILES string of the molecule is Cc1c(C(=O)NC2CCC2)cc(S(=O)(=O)Cl)cc1[N+](=O)[O-]. The molecule has 0 heterocycles. The summed E-state index contributed by atoms with van der Waals surface area (Å²) in [6, 6.07) is 1.96. The Labute approximate surface area is 125 Å². The van der Waals surface area contributed by atoms with E-state index in [0.717, 1.165) is 31.4 Å². The van der Waals surface area contributed by atoms with Gasteiger partial charge in [-0.1, -0.05) is 0 Å². The van der Waals surface area contributed by atoms with Crippen molar-refractivity contribution in [3.05, 3.63) is 33.4 Å². The maximum Gasteiger partial charge on any atom is 0.274 e. The fourth-order valence-electron chi connectivity index (χ4n) is 2.06. The maximum absolute atomic E-state index is 12.2. The van der Waals surface area contributed by atoms with Gasteiger partial charge in [-0.2, -0.15) is 0 Å². The van der Waals surface area contributed by atoms with Crippen LogP contribution in [0.1, 0.15) is 35.2 Å². The average molecular weight is 333 g/mol. The quantitative estimate of drug-likeness (QED) is 0.516. The first-order valence-electron chi connectivity index (χ1n) is 6.24. The van der Waals surface area contributed by atoms with Gasteiger partial charge in [0.15, 0.2) is 0 Å². The molecule has 2 rings (SSSR count). The van der Waals surface area contributed by atoms with E-state index in [1.54, 1.807) is 0 Å². The van der Waals surface area contributed by atoms with Gasteiger partial charge < -0.3 is 5.32 Å². The van der Waals surface area contributed by atoms with Crippen LogP contribution in [-0.4, -0.2) is 25.3 Å². The highest BCUT2D eigenvalue weighted by atomic mass is 35.7. The largest absolute Gasteiger partial charge is 0.349 e. The van der Waals surface area contributed by atoms with E-state index in [4.69, 9.17) is 10.7 Å². The number of amides is 1. The van der Waals surface area contributed by atoms with Crippen molar-refractivity contribution in [2.45, 2.75) is 37.1 Å². The summed E-state index contributed by atoms with van der Waals surface area (Å²) in [5.41, 5.74) is -0.383. The highest BCUT2D eigenvalue weighted by molar-refractivity contribution is 8.13. The van der Waals surface area contributed by atoms with E-state index >= 15 is 0 Å². The molecule has 1 saturated carbocycles. The molecule has 114 valence electrons. The Morgan fingerprint density at radius 2 is 2.05 bits per heavy atom. The molecule has 0 spiro atoms. The summed E-state index contributed by atoms with van der Waals surface area (Å²) in [5.74, 6) is -0.525. The summed E-state index contributed by atoms with van der Waals surface area (Å²) in [5, 5.41) is 13.7. The maximum atomic E-state index is 12.2. The number of hydrogen-bond acceptors (Lipinski definition) is 5. The summed E-state index contributed by atoms with van der Waals surface area (Å²) in [6.45, 7) is 1.40. The zero-order valence-corrected chi connectivity index (χ0v) is 12.7. The minimum Gasteiger partial charge on any atom is -0.349 e. The second-order valence-corrected chi connectivity index (χ2v) is 7.48. The lowest BCUT2D eigenvalue weighted by Crippen LogP contribution is -2.39. The van der Waals surface area contributed by atoms with Crippen LogP contribution < -0.4 is 5.32 Å². The van der Waals surface area contributed by atoms with Crippen LogP contribution in [-0.2, 0) is 9.05 Å². The zero-order chi connectivity index (χ0) is 15.8. The van der Waals surface area contributed by atoms with Gasteiger partial charge >= 0.3 is 0 Å². The second-order valence-electron chi connectivity index (χ2n) is 4.91. The number of nitrogens with zero attached hydrogens (tertiary/aromatic N) is 1. The molecule has 1 N–H and O–H groups in total. The molecule has 1 fully saturated rings. The normalized spacial score (nSPS) is 15.3. The van der Waals surface area contributed by atoms with E-state index < -0.39 is 30.5 Å². The van der Waals surface area contributed by atoms with E-state index in [1.165, 1.54) is 6.92 Å². The van der Waals surface area contributed by atoms with Crippen molar-refractivity contribution in [1.29, 1.82) is 0 Å². The van der Waals surface area contributed by atoms with Gasteiger partial charge in [0.05, 0.1) is 15.4 Å². The van der Waals surface area contributed by atoms with Crippen molar-refractivity contribution in [1.82, 2.24) is 5.32 Å². The van der Waals surface area contributed by atoms with Gasteiger partial charge in [0.2, 0.25) is 0 Å². The third kappa shape index (κ3) is 3.33. The summed E-state index contributed by atoms with van der Waals surface area (Å²) >= 11 is 0. The smallest absolute Gasteiger partial charge is 0.274 e. The summed E-state index contributed by atoms with van der Waals surface area (Å²) < 4.78 is 22.8. The van der Waals surface area contributed by atoms with Crippen molar-refractivity contribution in [2.75, 3.05) is 0 Å². The minimum absolute atomic E-state index is 0.0345. The van der Waals surface area contributed by atoms with Crippen LogP contribution in [0.5, 0.6) is 0 Å². The van der Waals surface area contributed by atoms with E-state index in [1.807, 2.05) is 0 Å². The van der Waals surface area contributed by atoms with Crippen LogP contribution in [0.15, 0.2) is 17.0 Å². The molecule has 0 aromatic heterocycles. The third-order valence-corrected chi connectivity index (χ3v) is 4.85. The molecule has 0 bridgehead atoms. The molecule has 1 aromatic carbocycles. The van der Waals surface area contributed by atoms with E-state index in [0.29, 0.717) is 0 Å². The predicted octanol–water partition coefficient (Wildman–Crippen LogP) is 2.11. The van der Waals surface area contributed by atoms with Crippen LogP contribution in [0.25, 0.3) is 0 Å². The van der Waals surface area contributed by atoms with Gasteiger partial charge in [-0.05, 0) is 32.3 Å². The minimum atomic E-state index is -4.16. The number of nitro groups is 1. The number of carbonyl (C=O) groups excluding carboxylic acids is 1. The van der Waals surface area contributed by atoms with Crippen molar-refractivity contribution in [2.24, 2.45) is 0 Å². The molecule has 1 aliphatic rings. The first-order valence-corrected chi connectivity index (χ1v) is 8.55. The number of benzene rings is 1. The van der Waals surface area contributed by atoms with E-state index in [2.05, 4.69) is 5.32 Å². The van der Waals surface area contributed by atoms with Gasteiger partial charge in [-0.15, -0.1) is 0 Å². The van der Waals surface area contributed by atoms with Crippen LogP contribution >= 0.6 is 10.7 Å². The van der Waals surface area contributed by atoms with E-state index in [9.17, 15) is 23.3 Å². The van der Waals surface area contributed by atoms with E-state index in [-0.39, 0.29) is 17.2 Å².